The summed E-state index contributed by atoms with van der Waals surface area (Å²) >= 11 is 0. The molecule has 132 valence electrons. The fourth-order valence-corrected chi connectivity index (χ4v) is 3.06. The van der Waals surface area contributed by atoms with Gasteiger partial charge in [-0.3, -0.25) is 4.79 Å². The second kappa shape index (κ2) is 6.39. The Balaban J connectivity index is 1.87. The van der Waals surface area contributed by atoms with Crippen molar-refractivity contribution in [3.8, 4) is 0 Å². The van der Waals surface area contributed by atoms with E-state index in [0.717, 1.165) is 10.9 Å². The molecule has 1 atom stereocenters. The van der Waals surface area contributed by atoms with Crippen LogP contribution in [0.1, 0.15) is 36.8 Å². The van der Waals surface area contributed by atoms with E-state index in [1.54, 1.807) is 12.5 Å². The first kappa shape index (κ1) is 17.3. The van der Waals surface area contributed by atoms with Crippen molar-refractivity contribution in [2.45, 2.75) is 40.3 Å². The van der Waals surface area contributed by atoms with Gasteiger partial charge < -0.3 is 14.5 Å². The summed E-state index contributed by atoms with van der Waals surface area (Å²) in [6, 6.07) is 8.21. The smallest absolute Gasteiger partial charge is 0.268 e. The molecule has 0 bridgehead atoms. The molecule has 2 aromatic heterocycles. The van der Waals surface area contributed by atoms with E-state index in [4.69, 9.17) is 0 Å². The maximum absolute atomic E-state index is 12.9. The molecule has 0 spiro atoms. The number of nitrogens with one attached hydrogen (secondary N) is 1. The minimum atomic E-state index is -0.0683. The minimum Gasteiger partial charge on any atom is -0.346 e. The van der Waals surface area contributed by atoms with E-state index in [1.807, 2.05) is 28.4 Å². The average molecular weight is 338 g/mol. The standard InChI is InChI=1S/C20H26N4O/c1-14-6-7-16-15(10-14)11-17(23(16)5)19(25)22-18(20(2,3)4)12-24-9-8-21-13-24/h6-11,13,18H,12H2,1-5H3,(H,22,25)/t18-/m1/s1. The van der Waals surface area contributed by atoms with Crippen LogP contribution in [0.3, 0.4) is 0 Å². The third kappa shape index (κ3) is 3.60. The molecule has 0 fully saturated rings. The molecular weight excluding hydrogens is 312 g/mol. The van der Waals surface area contributed by atoms with Crippen molar-refractivity contribution in [2.75, 3.05) is 0 Å². The van der Waals surface area contributed by atoms with Gasteiger partial charge in [-0.1, -0.05) is 32.4 Å². The van der Waals surface area contributed by atoms with Crippen molar-refractivity contribution in [3.63, 3.8) is 0 Å². The Labute approximate surface area is 148 Å². The number of aryl methyl sites for hydroxylation is 2. The van der Waals surface area contributed by atoms with E-state index in [0.29, 0.717) is 12.2 Å². The van der Waals surface area contributed by atoms with Gasteiger partial charge in [0.2, 0.25) is 0 Å². The molecule has 0 aliphatic heterocycles. The number of fused-ring (bicyclic) bond motifs is 1. The van der Waals surface area contributed by atoms with Crippen LogP contribution in [0, 0.1) is 12.3 Å². The fraction of sp³-hybridized carbons (Fsp3) is 0.400. The normalized spacial score (nSPS) is 13.2. The van der Waals surface area contributed by atoms with Gasteiger partial charge in [0, 0.05) is 36.9 Å². The molecule has 0 saturated heterocycles. The van der Waals surface area contributed by atoms with Crippen LogP contribution in [0.25, 0.3) is 10.9 Å². The molecule has 2 heterocycles. The second-order valence-corrected chi connectivity index (χ2v) is 7.80. The third-order valence-corrected chi connectivity index (χ3v) is 4.73. The molecule has 0 saturated carbocycles. The van der Waals surface area contributed by atoms with Crippen LogP contribution in [0.15, 0.2) is 43.0 Å². The van der Waals surface area contributed by atoms with Crippen LogP contribution in [0.2, 0.25) is 0 Å². The summed E-state index contributed by atoms with van der Waals surface area (Å²) in [5.74, 6) is -0.0450. The van der Waals surface area contributed by atoms with Crippen LogP contribution in [-0.4, -0.2) is 26.1 Å². The summed E-state index contributed by atoms with van der Waals surface area (Å²) in [7, 11) is 1.94. The maximum Gasteiger partial charge on any atom is 0.268 e. The van der Waals surface area contributed by atoms with Gasteiger partial charge in [-0.25, -0.2) is 4.98 Å². The molecule has 3 rings (SSSR count). The van der Waals surface area contributed by atoms with Crippen molar-refractivity contribution in [3.05, 3.63) is 54.2 Å². The number of carbonyl (C=O) groups is 1. The predicted octanol–water partition coefficient (Wildman–Crippen LogP) is 3.53. The monoisotopic (exact) mass is 338 g/mol. The molecule has 0 radical (unpaired) electrons. The van der Waals surface area contributed by atoms with Crippen LogP contribution in [-0.2, 0) is 13.6 Å². The highest BCUT2D eigenvalue weighted by molar-refractivity contribution is 5.99. The van der Waals surface area contributed by atoms with Crippen molar-refractivity contribution in [1.29, 1.82) is 0 Å². The molecule has 0 aliphatic rings. The van der Waals surface area contributed by atoms with Gasteiger partial charge in [-0.15, -0.1) is 0 Å². The zero-order valence-corrected chi connectivity index (χ0v) is 15.6. The Kier molecular flexibility index (Phi) is 4.41. The Morgan fingerprint density at radius 2 is 2.04 bits per heavy atom. The van der Waals surface area contributed by atoms with Crippen molar-refractivity contribution in [1.82, 2.24) is 19.4 Å². The van der Waals surface area contributed by atoms with Gasteiger partial charge in [-0.2, -0.15) is 0 Å². The summed E-state index contributed by atoms with van der Waals surface area (Å²) in [4.78, 5) is 17.0. The highest BCUT2D eigenvalue weighted by Crippen LogP contribution is 2.23. The average Bonchev–Trinajstić information content (AvgIpc) is 3.13. The lowest BCUT2D eigenvalue weighted by Gasteiger charge is -2.31. The number of hydrogen-bond acceptors (Lipinski definition) is 2. The highest BCUT2D eigenvalue weighted by Gasteiger charge is 2.28. The number of benzene rings is 1. The van der Waals surface area contributed by atoms with E-state index >= 15 is 0 Å². The van der Waals surface area contributed by atoms with Gasteiger partial charge in [0.1, 0.15) is 5.69 Å². The summed E-state index contributed by atoms with van der Waals surface area (Å²) in [5, 5.41) is 4.31. The van der Waals surface area contributed by atoms with Crippen LogP contribution in [0.5, 0.6) is 0 Å². The van der Waals surface area contributed by atoms with Crippen LogP contribution in [0.4, 0.5) is 0 Å². The Bertz CT molecular complexity index is 884. The van der Waals surface area contributed by atoms with Gasteiger partial charge in [0.05, 0.1) is 12.4 Å². The lowest BCUT2D eigenvalue weighted by Crippen LogP contribution is -2.46. The van der Waals surface area contributed by atoms with Gasteiger partial charge in [-0.05, 0) is 30.5 Å². The molecule has 25 heavy (non-hydrogen) atoms. The van der Waals surface area contributed by atoms with E-state index in [9.17, 15) is 4.79 Å². The van der Waals surface area contributed by atoms with Crippen molar-refractivity contribution < 1.29 is 4.79 Å². The number of imidazole rings is 1. The molecule has 0 aliphatic carbocycles. The van der Waals surface area contributed by atoms with E-state index in [2.05, 4.69) is 56.2 Å². The number of hydrogen-bond donors (Lipinski definition) is 1. The van der Waals surface area contributed by atoms with E-state index in [-0.39, 0.29) is 17.4 Å². The Morgan fingerprint density at radius 3 is 2.68 bits per heavy atom. The summed E-state index contributed by atoms with van der Waals surface area (Å²) in [6.07, 6.45) is 5.46. The first-order valence-corrected chi connectivity index (χ1v) is 8.58. The van der Waals surface area contributed by atoms with Gasteiger partial charge in [0.15, 0.2) is 0 Å². The van der Waals surface area contributed by atoms with Crippen LogP contribution < -0.4 is 5.32 Å². The summed E-state index contributed by atoms with van der Waals surface area (Å²) in [5.41, 5.74) is 2.87. The highest BCUT2D eigenvalue weighted by atomic mass is 16.2. The number of amides is 1. The quantitative estimate of drug-likeness (QED) is 0.791. The second-order valence-electron chi connectivity index (χ2n) is 7.80. The zero-order chi connectivity index (χ0) is 18.2. The molecule has 1 amide bonds. The summed E-state index contributed by atoms with van der Waals surface area (Å²) < 4.78 is 3.96. The Hall–Kier alpha value is -2.56. The number of carbonyl (C=O) groups excluding carboxylic acids is 1. The lowest BCUT2D eigenvalue weighted by molar-refractivity contribution is 0.0884. The summed E-state index contributed by atoms with van der Waals surface area (Å²) in [6.45, 7) is 9.17. The SMILES string of the molecule is Cc1ccc2c(c1)cc(C(=O)N[C@H](Cn1ccnc1)C(C)(C)C)n2C. The number of aromatic nitrogens is 3. The molecular formula is C20H26N4O. The molecule has 5 nitrogen and oxygen atoms in total. The fourth-order valence-electron chi connectivity index (χ4n) is 3.06. The topological polar surface area (TPSA) is 51.9 Å². The first-order chi connectivity index (χ1) is 11.8. The maximum atomic E-state index is 12.9. The van der Waals surface area contributed by atoms with Crippen molar-refractivity contribution in [2.24, 2.45) is 12.5 Å². The predicted molar refractivity (Wildman–Crippen MR) is 101 cm³/mol. The molecule has 3 aromatic rings. The first-order valence-electron chi connectivity index (χ1n) is 8.58. The molecule has 1 aromatic carbocycles. The third-order valence-electron chi connectivity index (χ3n) is 4.73. The van der Waals surface area contributed by atoms with Crippen LogP contribution >= 0.6 is 0 Å². The Morgan fingerprint density at radius 1 is 1.28 bits per heavy atom. The lowest BCUT2D eigenvalue weighted by atomic mass is 9.86. The molecule has 1 N–H and O–H groups in total. The van der Waals surface area contributed by atoms with Crippen molar-refractivity contribution >= 4 is 16.8 Å². The molecule has 5 heteroatoms. The number of nitrogens with zero attached hydrogens (tertiary/aromatic N) is 3. The largest absolute Gasteiger partial charge is 0.346 e. The molecule has 0 unspecified atom stereocenters. The number of rotatable bonds is 4. The van der Waals surface area contributed by atoms with Gasteiger partial charge in [0.25, 0.3) is 5.91 Å². The van der Waals surface area contributed by atoms with Gasteiger partial charge >= 0.3 is 0 Å². The van der Waals surface area contributed by atoms with E-state index in [1.165, 1.54) is 5.56 Å². The minimum absolute atomic E-state index is 0.00560. The zero-order valence-electron chi connectivity index (χ0n) is 15.6. The van der Waals surface area contributed by atoms with E-state index < -0.39 is 0 Å².